The lowest BCUT2D eigenvalue weighted by Gasteiger charge is -2.45. The van der Waals surface area contributed by atoms with Crippen molar-refractivity contribution < 1.29 is 24.2 Å². The number of ether oxygens (including phenoxy) is 2. The van der Waals surface area contributed by atoms with Crippen molar-refractivity contribution in [3.05, 3.63) is 130 Å². The van der Waals surface area contributed by atoms with E-state index >= 15 is 0 Å². The lowest BCUT2D eigenvalue weighted by Crippen LogP contribution is -2.52. The molecule has 0 spiro atoms. The molecule has 5 heterocycles. The standard InChI is InChI=1S/C41H38N8O5/c1-41(49-16-3-17-49)13-12-30-33(20-41)54-32-19-27(48-14-2-15-48)9-11-29(32)34(30)31-18-26(8-10-28(31)39(51)52)37(50)43-21-24-4-6-25(7-5-24)22-53-38-35-36(45-23-44-35)46-40(42)47-38/h4-13,18-20,23H,2-3,14-17,21-22H2,1H3,(H,43,50)(H,51,52)(H3,42,44,45,46,47). The van der Waals surface area contributed by atoms with Crippen LogP contribution in [0.2, 0.25) is 0 Å². The number of carbonyl (C=O) groups excluding carboxylic acids is 1. The quantitative estimate of drug-likeness (QED) is 0.144. The highest BCUT2D eigenvalue weighted by atomic mass is 16.5. The summed E-state index contributed by atoms with van der Waals surface area (Å²) in [5.74, 6) is 0.328. The van der Waals surface area contributed by atoms with Crippen LogP contribution in [0.3, 0.4) is 0 Å². The van der Waals surface area contributed by atoms with Crippen LogP contribution in [-0.4, -0.2) is 73.5 Å². The van der Waals surface area contributed by atoms with Crippen LogP contribution in [0.1, 0.15) is 62.7 Å². The second kappa shape index (κ2) is 13.2. The van der Waals surface area contributed by atoms with Gasteiger partial charge in [0.05, 0.1) is 17.4 Å². The third kappa shape index (κ3) is 6.01. The molecule has 1 aliphatic carbocycles. The Hall–Kier alpha value is -6.47. The van der Waals surface area contributed by atoms with E-state index in [1.54, 1.807) is 12.1 Å². The van der Waals surface area contributed by atoms with Gasteiger partial charge in [0.25, 0.3) is 5.91 Å². The number of anilines is 2. The third-order valence-corrected chi connectivity index (χ3v) is 10.7. The van der Waals surface area contributed by atoms with Gasteiger partial charge in [0.15, 0.2) is 11.2 Å². The van der Waals surface area contributed by atoms with Crippen molar-refractivity contribution in [2.75, 3.05) is 36.8 Å². The van der Waals surface area contributed by atoms with Gasteiger partial charge in [-0.1, -0.05) is 36.4 Å². The molecular weight excluding hydrogens is 685 g/mol. The lowest BCUT2D eigenvalue weighted by atomic mass is 9.81. The number of nitrogens with one attached hydrogen (secondary N) is 2. The molecule has 1 amide bonds. The predicted molar refractivity (Wildman–Crippen MR) is 203 cm³/mol. The first-order valence-corrected chi connectivity index (χ1v) is 18.0. The number of aromatic nitrogens is 4. The van der Waals surface area contributed by atoms with E-state index in [1.165, 1.54) is 12.4 Å². The number of nitrogens with zero attached hydrogens (tertiary/aromatic N) is 5. The van der Waals surface area contributed by atoms with Crippen molar-refractivity contribution >= 4 is 40.2 Å². The number of fused-ring (bicyclic) bond motifs is 3. The molecule has 0 saturated carbocycles. The number of carboxylic acid groups (broad SMARTS) is 1. The number of nitrogen functional groups attached to an aromatic ring is 1. The Morgan fingerprint density at radius 2 is 1.80 bits per heavy atom. The van der Waals surface area contributed by atoms with Crippen molar-refractivity contribution in [2.45, 2.75) is 38.5 Å². The van der Waals surface area contributed by atoms with Gasteiger partial charge in [0.2, 0.25) is 11.8 Å². The fraction of sp³-hybridized carbons (Fsp3) is 0.244. The molecule has 1 unspecified atom stereocenters. The van der Waals surface area contributed by atoms with E-state index in [0.717, 1.165) is 72.5 Å². The number of carboxylic acids is 1. The van der Waals surface area contributed by atoms with E-state index in [9.17, 15) is 14.7 Å². The summed E-state index contributed by atoms with van der Waals surface area (Å²) in [5, 5.41) is 13.4. The SMILES string of the molecule is CC1(N2CCC2)C=CC2=C(c3cc(C(=O)NCc4ccc(COc5nc(N)nc6[nH]cnc56)cc4)ccc3C(=O)O)c3ccc(N4CCC4)cc3OC2=C1. The van der Waals surface area contributed by atoms with Crippen LogP contribution in [0.5, 0.6) is 11.6 Å². The normalized spacial score (nSPS) is 18.9. The zero-order valence-electron chi connectivity index (χ0n) is 29.6. The predicted octanol–water partition coefficient (Wildman–Crippen LogP) is 5.46. The highest BCUT2D eigenvalue weighted by Crippen LogP contribution is 2.47. The number of benzene rings is 3. The van der Waals surface area contributed by atoms with Crippen LogP contribution in [-0.2, 0) is 13.2 Å². The molecular formula is C41H38N8O5. The van der Waals surface area contributed by atoms with Crippen LogP contribution in [0.15, 0.2) is 96.6 Å². The van der Waals surface area contributed by atoms with Gasteiger partial charge >= 0.3 is 5.97 Å². The first kappa shape index (κ1) is 33.4. The number of rotatable bonds is 10. The van der Waals surface area contributed by atoms with Crippen molar-refractivity contribution in [1.29, 1.82) is 0 Å². The number of amides is 1. The number of hydrogen-bond acceptors (Lipinski definition) is 10. The summed E-state index contributed by atoms with van der Waals surface area (Å²) >= 11 is 0. The average molecular weight is 723 g/mol. The molecule has 2 aromatic heterocycles. The van der Waals surface area contributed by atoms with Gasteiger partial charge in [-0.25, -0.2) is 9.78 Å². The molecule has 13 heteroatoms. The summed E-state index contributed by atoms with van der Waals surface area (Å²) in [6.45, 7) is 6.64. The Morgan fingerprint density at radius 3 is 2.54 bits per heavy atom. The summed E-state index contributed by atoms with van der Waals surface area (Å²) in [4.78, 5) is 46.5. The molecule has 3 aliphatic heterocycles. The second-order valence-electron chi connectivity index (χ2n) is 14.2. The largest absolute Gasteiger partial charge is 0.478 e. The Balaban J connectivity index is 0.981. The molecule has 2 saturated heterocycles. The van der Waals surface area contributed by atoms with Crippen molar-refractivity contribution in [3.8, 4) is 11.6 Å². The maximum atomic E-state index is 13.7. The van der Waals surface area contributed by atoms with Gasteiger partial charge in [0.1, 0.15) is 18.1 Å². The number of carbonyl (C=O) groups is 2. The van der Waals surface area contributed by atoms with Crippen LogP contribution < -0.4 is 25.4 Å². The third-order valence-electron chi connectivity index (χ3n) is 10.7. The molecule has 0 radical (unpaired) electrons. The van der Waals surface area contributed by atoms with E-state index in [1.807, 2.05) is 42.5 Å². The Kier molecular flexibility index (Phi) is 8.15. The lowest BCUT2D eigenvalue weighted by molar-refractivity contribution is 0.0695. The molecule has 3 aromatic carbocycles. The first-order valence-electron chi connectivity index (χ1n) is 18.0. The van der Waals surface area contributed by atoms with E-state index in [0.29, 0.717) is 33.8 Å². The van der Waals surface area contributed by atoms with Gasteiger partial charge in [-0.15, -0.1) is 0 Å². The fourth-order valence-electron chi connectivity index (χ4n) is 7.33. The number of hydrogen-bond donors (Lipinski definition) is 4. The highest BCUT2D eigenvalue weighted by molar-refractivity contribution is 6.03. The molecule has 1 atom stereocenters. The van der Waals surface area contributed by atoms with E-state index in [-0.39, 0.29) is 42.0 Å². The molecule has 5 N–H and O–H groups in total. The zero-order valence-corrected chi connectivity index (χ0v) is 29.6. The van der Waals surface area contributed by atoms with Crippen molar-refractivity contribution in [3.63, 3.8) is 0 Å². The molecule has 54 heavy (non-hydrogen) atoms. The number of aromatic amines is 1. The minimum absolute atomic E-state index is 0.0844. The van der Waals surface area contributed by atoms with Gasteiger partial charge in [-0.05, 0) is 72.9 Å². The Labute approximate surface area is 310 Å². The summed E-state index contributed by atoms with van der Waals surface area (Å²) < 4.78 is 12.5. The Bertz CT molecular complexity index is 2430. The van der Waals surface area contributed by atoms with Crippen LogP contribution in [0.4, 0.5) is 11.6 Å². The Morgan fingerprint density at radius 1 is 1.00 bits per heavy atom. The van der Waals surface area contributed by atoms with Gasteiger partial charge in [-0.2, -0.15) is 9.97 Å². The molecule has 13 nitrogen and oxygen atoms in total. The van der Waals surface area contributed by atoms with Gasteiger partial charge < -0.3 is 35.5 Å². The summed E-state index contributed by atoms with van der Waals surface area (Å²) in [5.41, 5.74) is 12.5. The summed E-state index contributed by atoms with van der Waals surface area (Å²) in [7, 11) is 0. The number of imidazole rings is 1. The maximum Gasteiger partial charge on any atom is 0.336 e. The monoisotopic (exact) mass is 722 g/mol. The number of likely N-dealkylation sites (tertiary alicyclic amines) is 1. The molecule has 5 aromatic rings. The van der Waals surface area contributed by atoms with Crippen molar-refractivity contribution in [2.24, 2.45) is 0 Å². The number of H-pyrrole nitrogens is 1. The highest BCUT2D eigenvalue weighted by Gasteiger charge is 2.38. The smallest absolute Gasteiger partial charge is 0.336 e. The molecule has 2 fully saturated rings. The minimum Gasteiger partial charge on any atom is -0.478 e. The second-order valence-corrected chi connectivity index (χ2v) is 14.2. The minimum atomic E-state index is -1.08. The van der Waals surface area contributed by atoms with Crippen LogP contribution >= 0.6 is 0 Å². The molecule has 9 rings (SSSR count). The van der Waals surface area contributed by atoms with Crippen molar-refractivity contribution in [1.82, 2.24) is 30.2 Å². The number of aromatic carboxylic acids is 1. The average Bonchev–Trinajstić information content (AvgIpc) is 3.59. The topological polar surface area (TPSA) is 172 Å². The summed E-state index contributed by atoms with van der Waals surface area (Å²) in [6.07, 6.45) is 10.1. The number of nitrogens with two attached hydrogens (primary N) is 1. The molecule has 4 aliphatic rings. The summed E-state index contributed by atoms with van der Waals surface area (Å²) in [6, 6.07) is 18.5. The van der Waals surface area contributed by atoms with E-state index in [2.05, 4.69) is 60.2 Å². The maximum absolute atomic E-state index is 13.7. The fourth-order valence-corrected chi connectivity index (χ4v) is 7.33. The number of allylic oxidation sites excluding steroid dienone is 1. The van der Waals surface area contributed by atoms with Gasteiger partial charge in [-0.3, -0.25) is 9.69 Å². The van der Waals surface area contributed by atoms with Crippen LogP contribution in [0.25, 0.3) is 16.7 Å². The molecule has 0 bridgehead atoms. The zero-order chi connectivity index (χ0) is 37.0. The molecule has 272 valence electrons. The first-order chi connectivity index (χ1) is 26.2. The van der Waals surface area contributed by atoms with E-state index in [4.69, 9.17) is 15.2 Å². The van der Waals surface area contributed by atoms with Gasteiger partial charge in [0, 0.05) is 66.8 Å². The van der Waals surface area contributed by atoms with E-state index < -0.39 is 5.97 Å². The van der Waals surface area contributed by atoms with Crippen LogP contribution in [0, 0.1) is 0 Å².